The van der Waals surface area contributed by atoms with Gasteiger partial charge in [0.25, 0.3) is 0 Å². The minimum atomic E-state index is -0.324. The third kappa shape index (κ3) is 27.1. The van der Waals surface area contributed by atoms with Gasteiger partial charge in [-0.3, -0.25) is 0 Å². The van der Waals surface area contributed by atoms with Crippen LogP contribution in [0.1, 0.15) is 6.92 Å². The van der Waals surface area contributed by atoms with Gasteiger partial charge >= 0.3 is 0 Å². The molecule has 19 heavy (non-hydrogen) atoms. The molecule has 0 aromatic rings. The van der Waals surface area contributed by atoms with Crippen LogP contribution < -0.4 is 0 Å². The maximum Gasteiger partial charge on any atom is 0.0745 e. The fourth-order valence-corrected chi connectivity index (χ4v) is 0.912. The molecule has 7 nitrogen and oxygen atoms in total. The van der Waals surface area contributed by atoms with Crippen molar-refractivity contribution in [1.82, 2.24) is 0 Å². The number of rotatable bonds is 12. The first-order chi connectivity index (χ1) is 9.18. The number of hydrogen-bond acceptors (Lipinski definition) is 7. The highest BCUT2D eigenvalue weighted by Gasteiger charge is 1.90. The van der Waals surface area contributed by atoms with Crippen molar-refractivity contribution in [3.8, 4) is 0 Å². The molecular formula is C12H28O7. The van der Waals surface area contributed by atoms with Gasteiger partial charge in [0.2, 0.25) is 0 Å². The van der Waals surface area contributed by atoms with Gasteiger partial charge in [-0.25, -0.2) is 0 Å². The van der Waals surface area contributed by atoms with Crippen molar-refractivity contribution < 1.29 is 34.3 Å². The van der Waals surface area contributed by atoms with E-state index in [2.05, 4.69) is 4.74 Å². The molecule has 1 atom stereocenters. The molecule has 0 amide bonds. The van der Waals surface area contributed by atoms with Crippen LogP contribution in [-0.4, -0.2) is 88.0 Å². The number of hydrogen-bond donors (Lipinski definition) is 3. The molecule has 0 aliphatic carbocycles. The molecule has 118 valence electrons. The molecule has 0 bridgehead atoms. The smallest absolute Gasteiger partial charge is 0.0745 e. The van der Waals surface area contributed by atoms with Gasteiger partial charge in [-0.2, -0.15) is 0 Å². The van der Waals surface area contributed by atoms with Crippen molar-refractivity contribution in [1.29, 1.82) is 0 Å². The lowest BCUT2D eigenvalue weighted by Crippen LogP contribution is -2.11. The molecule has 7 heteroatoms. The lowest BCUT2D eigenvalue weighted by Gasteiger charge is -2.04. The van der Waals surface area contributed by atoms with Crippen molar-refractivity contribution in [2.45, 2.75) is 13.0 Å². The minimum absolute atomic E-state index is 0.0413. The Bertz CT molecular complexity index is 134. The van der Waals surface area contributed by atoms with Gasteiger partial charge < -0.3 is 34.3 Å². The van der Waals surface area contributed by atoms with E-state index in [0.717, 1.165) is 0 Å². The molecule has 3 N–H and O–H groups in total. The molecule has 0 aromatic carbocycles. The Balaban J connectivity index is 0. The van der Waals surface area contributed by atoms with E-state index in [-0.39, 0.29) is 19.3 Å². The molecule has 0 radical (unpaired) electrons. The van der Waals surface area contributed by atoms with E-state index in [1.165, 1.54) is 0 Å². The Labute approximate surface area is 115 Å². The van der Waals surface area contributed by atoms with Crippen LogP contribution in [0.5, 0.6) is 0 Å². The molecule has 0 fully saturated rings. The fraction of sp³-hybridized carbons (Fsp3) is 1.00. The summed E-state index contributed by atoms with van der Waals surface area (Å²) < 4.78 is 19.6. The van der Waals surface area contributed by atoms with Crippen LogP contribution in [-0.2, 0) is 18.9 Å². The SMILES string of the molecule is COCC(C)O.OCCOCCOCCOCCO. The molecule has 0 spiro atoms. The number of methoxy groups -OCH3 is 1. The number of aliphatic hydroxyl groups excluding tert-OH is 3. The highest BCUT2D eigenvalue weighted by Crippen LogP contribution is 1.80. The monoisotopic (exact) mass is 284 g/mol. The van der Waals surface area contributed by atoms with Crippen LogP contribution in [0.4, 0.5) is 0 Å². The lowest BCUT2D eigenvalue weighted by molar-refractivity contribution is 0.00230. The first-order valence-corrected chi connectivity index (χ1v) is 6.31. The van der Waals surface area contributed by atoms with E-state index in [1.807, 2.05) is 0 Å². The standard InChI is InChI=1S/C8H18O5.C4H10O2/c9-1-3-11-5-7-13-8-6-12-4-2-10;1-4(5)3-6-2/h9-10H,1-8H2;4-5H,3H2,1-2H3. The molecule has 0 heterocycles. The highest BCUT2D eigenvalue weighted by molar-refractivity contribution is 4.37. The van der Waals surface area contributed by atoms with Crippen LogP contribution in [0, 0.1) is 0 Å². The van der Waals surface area contributed by atoms with Gasteiger partial charge in [0.1, 0.15) is 0 Å². The van der Waals surface area contributed by atoms with E-state index in [0.29, 0.717) is 46.2 Å². The molecule has 1 unspecified atom stereocenters. The van der Waals surface area contributed by atoms with Gasteiger partial charge in [0.05, 0.1) is 65.6 Å². The zero-order valence-electron chi connectivity index (χ0n) is 11.9. The summed E-state index contributed by atoms with van der Waals surface area (Å²) in [6, 6.07) is 0. The van der Waals surface area contributed by atoms with Crippen LogP contribution in [0.15, 0.2) is 0 Å². The molecule has 0 saturated heterocycles. The van der Waals surface area contributed by atoms with Crippen molar-refractivity contribution >= 4 is 0 Å². The van der Waals surface area contributed by atoms with Crippen molar-refractivity contribution in [2.24, 2.45) is 0 Å². The minimum Gasteiger partial charge on any atom is -0.394 e. The van der Waals surface area contributed by atoms with E-state index in [4.69, 9.17) is 29.5 Å². The first-order valence-electron chi connectivity index (χ1n) is 6.31. The highest BCUT2D eigenvalue weighted by atomic mass is 16.5. The second-order valence-electron chi connectivity index (χ2n) is 3.59. The topological polar surface area (TPSA) is 97.6 Å². The van der Waals surface area contributed by atoms with E-state index >= 15 is 0 Å². The molecule has 0 saturated carbocycles. The Kier molecular flexibility index (Phi) is 22.2. The molecule has 0 aliphatic heterocycles. The summed E-state index contributed by atoms with van der Waals surface area (Å²) in [4.78, 5) is 0. The number of aliphatic hydroxyl groups is 3. The van der Waals surface area contributed by atoms with Gasteiger partial charge in [-0.15, -0.1) is 0 Å². The molecular weight excluding hydrogens is 256 g/mol. The van der Waals surface area contributed by atoms with Gasteiger partial charge in [-0.05, 0) is 6.92 Å². The zero-order valence-corrected chi connectivity index (χ0v) is 11.9. The summed E-state index contributed by atoms with van der Waals surface area (Å²) in [5.74, 6) is 0. The third-order valence-corrected chi connectivity index (χ3v) is 1.62. The second kappa shape index (κ2) is 20.0. The summed E-state index contributed by atoms with van der Waals surface area (Å²) in [6.07, 6.45) is -0.324. The maximum absolute atomic E-state index is 8.43. The van der Waals surface area contributed by atoms with Crippen LogP contribution in [0.25, 0.3) is 0 Å². The molecule has 0 rings (SSSR count). The van der Waals surface area contributed by atoms with Crippen molar-refractivity contribution in [2.75, 3.05) is 66.6 Å². The fourth-order valence-electron chi connectivity index (χ4n) is 0.912. The second-order valence-corrected chi connectivity index (χ2v) is 3.59. The summed E-state index contributed by atoms with van der Waals surface area (Å²) in [5.41, 5.74) is 0. The molecule has 0 aromatic heterocycles. The van der Waals surface area contributed by atoms with Crippen LogP contribution in [0.2, 0.25) is 0 Å². The average Bonchev–Trinajstić information content (AvgIpc) is 2.37. The van der Waals surface area contributed by atoms with Gasteiger partial charge in [0, 0.05) is 7.11 Å². The largest absolute Gasteiger partial charge is 0.394 e. The average molecular weight is 284 g/mol. The Morgan fingerprint density at radius 3 is 1.37 bits per heavy atom. The normalized spacial score (nSPS) is 11.8. The van der Waals surface area contributed by atoms with Gasteiger partial charge in [0.15, 0.2) is 0 Å². The van der Waals surface area contributed by atoms with Crippen molar-refractivity contribution in [3.63, 3.8) is 0 Å². The predicted molar refractivity (Wildman–Crippen MR) is 70.2 cm³/mol. The predicted octanol–water partition coefficient (Wildman–Crippen LogP) is -0.966. The summed E-state index contributed by atoms with van der Waals surface area (Å²) >= 11 is 0. The first kappa shape index (κ1) is 21.0. The summed E-state index contributed by atoms with van der Waals surface area (Å²) in [6.45, 7) is 4.88. The quantitative estimate of drug-likeness (QED) is 0.397. The van der Waals surface area contributed by atoms with Gasteiger partial charge in [-0.1, -0.05) is 0 Å². The summed E-state index contributed by atoms with van der Waals surface area (Å²) in [7, 11) is 1.56. The maximum atomic E-state index is 8.43. The van der Waals surface area contributed by atoms with Crippen molar-refractivity contribution in [3.05, 3.63) is 0 Å². The van der Waals surface area contributed by atoms with E-state index in [1.54, 1.807) is 14.0 Å². The lowest BCUT2D eigenvalue weighted by atomic mass is 10.5. The van der Waals surface area contributed by atoms with E-state index in [9.17, 15) is 0 Å². The van der Waals surface area contributed by atoms with E-state index < -0.39 is 0 Å². The summed E-state index contributed by atoms with van der Waals surface area (Å²) in [5, 5.41) is 25.1. The Hall–Kier alpha value is -0.280. The number of ether oxygens (including phenoxy) is 4. The Morgan fingerprint density at radius 2 is 1.16 bits per heavy atom. The zero-order chi connectivity index (χ0) is 14.8. The molecule has 0 aliphatic rings. The van der Waals surface area contributed by atoms with Crippen LogP contribution >= 0.6 is 0 Å². The van der Waals surface area contributed by atoms with Crippen LogP contribution in [0.3, 0.4) is 0 Å². The third-order valence-electron chi connectivity index (χ3n) is 1.62. The Morgan fingerprint density at radius 1 is 0.789 bits per heavy atom.